The van der Waals surface area contributed by atoms with Gasteiger partial charge in [-0.2, -0.15) is 0 Å². The van der Waals surface area contributed by atoms with E-state index in [1.165, 1.54) is 6.42 Å². The van der Waals surface area contributed by atoms with Crippen LogP contribution >= 0.6 is 0 Å². The SMILES string of the molecule is CC(C)(C(=O)NC1(CO)CCCCC1)c1ccc(N)cc1. The Kier molecular flexibility index (Phi) is 4.57. The molecule has 1 amide bonds. The van der Waals surface area contributed by atoms with Gasteiger partial charge in [-0.05, 0) is 44.4 Å². The Morgan fingerprint density at radius 3 is 2.33 bits per heavy atom. The molecule has 4 N–H and O–H groups in total. The number of benzene rings is 1. The van der Waals surface area contributed by atoms with Crippen molar-refractivity contribution in [2.24, 2.45) is 0 Å². The zero-order valence-corrected chi connectivity index (χ0v) is 13.0. The Morgan fingerprint density at radius 1 is 1.24 bits per heavy atom. The third-order valence-electron chi connectivity index (χ3n) is 4.69. The third kappa shape index (κ3) is 3.38. The smallest absolute Gasteiger partial charge is 0.230 e. The Labute approximate surface area is 126 Å². The molecule has 1 aliphatic carbocycles. The summed E-state index contributed by atoms with van der Waals surface area (Å²) < 4.78 is 0. The zero-order chi connectivity index (χ0) is 15.5. The molecular weight excluding hydrogens is 264 g/mol. The highest BCUT2D eigenvalue weighted by molar-refractivity contribution is 5.88. The Balaban J connectivity index is 2.15. The quantitative estimate of drug-likeness (QED) is 0.745. The molecule has 1 saturated carbocycles. The molecule has 0 heterocycles. The highest BCUT2D eigenvalue weighted by atomic mass is 16.3. The molecule has 1 fully saturated rings. The van der Waals surface area contributed by atoms with Crippen molar-refractivity contribution in [1.29, 1.82) is 0 Å². The van der Waals surface area contributed by atoms with E-state index in [1.807, 2.05) is 38.1 Å². The molecule has 0 aliphatic heterocycles. The van der Waals surface area contributed by atoms with Crippen molar-refractivity contribution in [3.63, 3.8) is 0 Å². The molecule has 0 saturated heterocycles. The van der Waals surface area contributed by atoms with Gasteiger partial charge in [-0.25, -0.2) is 0 Å². The van der Waals surface area contributed by atoms with Gasteiger partial charge in [0.25, 0.3) is 0 Å². The first kappa shape index (κ1) is 15.8. The van der Waals surface area contributed by atoms with Gasteiger partial charge in [-0.15, -0.1) is 0 Å². The normalized spacial score (nSPS) is 18.2. The van der Waals surface area contributed by atoms with Gasteiger partial charge in [-0.1, -0.05) is 31.4 Å². The van der Waals surface area contributed by atoms with Gasteiger partial charge < -0.3 is 16.2 Å². The monoisotopic (exact) mass is 290 g/mol. The number of nitrogen functional groups attached to an aromatic ring is 1. The third-order valence-corrected chi connectivity index (χ3v) is 4.69. The fourth-order valence-electron chi connectivity index (χ4n) is 2.98. The first-order chi connectivity index (χ1) is 9.89. The van der Waals surface area contributed by atoms with Crippen LogP contribution in [0.15, 0.2) is 24.3 Å². The summed E-state index contributed by atoms with van der Waals surface area (Å²) in [5.41, 5.74) is 6.23. The van der Waals surface area contributed by atoms with Crippen LogP contribution in [0.5, 0.6) is 0 Å². The minimum Gasteiger partial charge on any atom is -0.399 e. The van der Waals surface area contributed by atoms with Crippen LogP contribution in [-0.4, -0.2) is 23.2 Å². The van der Waals surface area contributed by atoms with Crippen LogP contribution in [0.1, 0.15) is 51.5 Å². The van der Waals surface area contributed by atoms with Crippen LogP contribution in [0.25, 0.3) is 0 Å². The van der Waals surface area contributed by atoms with Crippen molar-refractivity contribution in [1.82, 2.24) is 5.32 Å². The average molecular weight is 290 g/mol. The summed E-state index contributed by atoms with van der Waals surface area (Å²) in [5, 5.41) is 12.8. The first-order valence-electron chi connectivity index (χ1n) is 7.69. The molecule has 4 heteroatoms. The summed E-state index contributed by atoms with van der Waals surface area (Å²) in [6.45, 7) is 3.82. The number of hydrogen-bond acceptors (Lipinski definition) is 3. The molecule has 116 valence electrons. The molecule has 0 bridgehead atoms. The van der Waals surface area contributed by atoms with Crippen molar-refractivity contribution in [2.75, 3.05) is 12.3 Å². The fourth-order valence-corrected chi connectivity index (χ4v) is 2.98. The van der Waals surface area contributed by atoms with E-state index >= 15 is 0 Å². The van der Waals surface area contributed by atoms with E-state index < -0.39 is 11.0 Å². The van der Waals surface area contributed by atoms with Crippen LogP contribution in [0, 0.1) is 0 Å². The number of hydrogen-bond donors (Lipinski definition) is 3. The second kappa shape index (κ2) is 6.06. The number of aliphatic hydroxyl groups excluding tert-OH is 1. The Hall–Kier alpha value is -1.55. The standard InChI is InChI=1S/C17H26N2O2/c1-16(2,13-6-8-14(18)9-7-13)15(21)19-17(12-20)10-4-3-5-11-17/h6-9,20H,3-5,10-12,18H2,1-2H3,(H,19,21). The maximum atomic E-state index is 12.7. The summed E-state index contributed by atoms with van der Waals surface area (Å²) in [5.74, 6) is -0.0387. The maximum absolute atomic E-state index is 12.7. The summed E-state index contributed by atoms with van der Waals surface area (Å²) >= 11 is 0. The summed E-state index contributed by atoms with van der Waals surface area (Å²) in [6.07, 6.45) is 5.01. The number of nitrogens with two attached hydrogens (primary N) is 1. The van der Waals surface area contributed by atoms with E-state index in [0.29, 0.717) is 5.69 Å². The van der Waals surface area contributed by atoms with Crippen molar-refractivity contribution in [3.8, 4) is 0 Å². The molecular formula is C17H26N2O2. The van der Waals surface area contributed by atoms with E-state index in [2.05, 4.69) is 5.32 Å². The van der Waals surface area contributed by atoms with Crippen LogP contribution in [0.2, 0.25) is 0 Å². The van der Waals surface area contributed by atoms with Crippen LogP contribution in [0.4, 0.5) is 5.69 Å². The van der Waals surface area contributed by atoms with Gasteiger partial charge in [0.05, 0.1) is 17.6 Å². The van der Waals surface area contributed by atoms with Crippen LogP contribution in [0.3, 0.4) is 0 Å². The Bertz CT molecular complexity index is 488. The zero-order valence-electron chi connectivity index (χ0n) is 13.0. The van der Waals surface area contributed by atoms with Crippen molar-refractivity contribution >= 4 is 11.6 Å². The highest BCUT2D eigenvalue weighted by Crippen LogP contribution is 2.31. The number of amides is 1. The molecule has 0 unspecified atom stereocenters. The minimum atomic E-state index is -0.646. The van der Waals surface area contributed by atoms with Gasteiger partial charge in [0.15, 0.2) is 0 Å². The molecule has 1 aromatic carbocycles. The number of rotatable bonds is 4. The highest BCUT2D eigenvalue weighted by Gasteiger charge is 2.38. The number of carbonyl (C=O) groups is 1. The van der Waals surface area contributed by atoms with Crippen LogP contribution < -0.4 is 11.1 Å². The molecule has 1 aromatic rings. The second-order valence-corrected chi connectivity index (χ2v) is 6.70. The van der Waals surface area contributed by atoms with E-state index in [9.17, 15) is 9.90 Å². The lowest BCUT2D eigenvalue weighted by molar-refractivity contribution is -0.128. The number of anilines is 1. The molecule has 0 radical (unpaired) electrons. The minimum absolute atomic E-state index is 0.0105. The lowest BCUT2D eigenvalue weighted by atomic mass is 9.79. The van der Waals surface area contributed by atoms with Gasteiger partial charge in [0, 0.05) is 5.69 Å². The van der Waals surface area contributed by atoms with Crippen LogP contribution in [-0.2, 0) is 10.2 Å². The van der Waals surface area contributed by atoms with Crippen molar-refractivity contribution in [3.05, 3.63) is 29.8 Å². The summed E-state index contributed by atoms with van der Waals surface area (Å²) in [7, 11) is 0. The topological polar surface area (TPSA) is 75.3 Å². The lowest BCUT2D eigenvalue weighted by Crippen LogP contribution is -2.56. The molecule has 0 atom stereocenters. The van der Waals surface area contributed by atoms with Crippen molar-refractivity contribution < 1.29 is 9.90 Å². The molecule has 2 rings (SSSR count). The van der Waals surface area contributed by atoms with Crippen molar-refractivity contribution in [2.45, 2.75) is 56.9 Å². The Morgan fingerprint density at radius 2 is 1.81 bits per heavy atom. The van der Waals surface area contributed by atoms with Gasteiger partial charge in [0.1, 0.15) is 0 Å². The fraction of sp³-hybridized carbons (Fsp3) is 0.588. The van der Waals surface area contributed by atoms with E-state index in [1.54, 1.807) is 0 Å². The van der Waals surface area contributed by atoms with E-state index in [0.717, 1.165) is 31.2 Å². The molecule has 1 aliphatic rings. The number of aliphatic hydroxyl groups is 1. The summed E-state index contributed by atoms with van der Waals surface area (Å²) in [4.78, 5) is 12.7. The van der Waals surface area contributed by atoms with Gasteiger partial charge in [0.2, 0.25) is 5.91 Å². The predicted molar refractivity (Wildman–Crippen MR) is 84.9 cm³/mol. The molecule has 21 heavy (non-hydrogen) atoms. The van der Waals surface area contributed by atoms with Gasteiger partial charge in [-0.3, -0.25) is 4.79 Å². The summed E-state index contributed by atoms with van der Waals surface area (Å²) in [6, 6.07) is 7.41. The lowest BCUT2D eigenvalue weighted by Gasteiger charge is -2.39. The van der Waals surface area contributed by atoms with Gasteiger partial charge >= 0.3 is 0 Å². The average Bonchev–Trinajstić information content (AvgIpc) is 2.48. The molecule has 0 spiro atoms. The maximum Gasteiger partial charge on any atom is 0.230 e. The largest absolute Gasteiger partial charge is 0.399 e. The molecule has 4 nitrogen and oxygen atoms in total. The first-order valence-corrected chi connectivity index (χ1v) is 7.69. The number of nitrogens with one attached hydrogen (secondary N) is 1. The van der Waals surface area contributed by atoms with E-state index in [-0.39, 0.29) is 12.5 Å². The van der Waals surface area contributed by atoms with E-state index in [4.69, 9.17) is 5.73 Å². The number of carbonyl (C=O) groups excluding carboxylic acids is 1. The molecule has 0 aromatic heterocycles. The second-order valence-electron chi connectivity index (χ2n) is 6.70. The predicted octanol–water partition coefficient (Wildman–Crippen LogP) is 2.36.